The fraction of sp³-hybridized carbons (Fsp3) is 0. The molecule has 7 nitrogen and oxygen atoms in total. The summed E-state index contributed by atoms with van der Waals surface area (Å²) in [5.41, 5.74) is 1.65. The number of nitrogens with zero attached hydrogens (tertiary/aromatic N) is 2. The van der Waals surface area contributed by atoms with Gasteiger partial charge in [-0.1, -0.05) is 30.3 Å². The third kappa shape index (κ3) is 3.17. The lowest BCUT2D eigenvalue weighted by molar-refractivity contribution is 0.0692. The van der Waals surface area contributed by atoms with Crippen LogP contribution in [-0.2, 0) is 10.3 Å². The molecule has 0 unspecified atom stereocenters. The lowest BCUT2D eigenvalue weighted by Gasteiger charge is -2.17. The van der Waals surface area contributed by atoms with Gasteiger partial charge in [-0.3, -0.25) is 4.55 Å². The van der Waals surface area contributed by atoms with Crippen LogP contribution < -0.4 is 4.31 Å². The first-order chi connectivity index (χ1) is 11.4. The van der Waals surface area contributed by atoms with Crippen molar-refractivity contribution in [3.05, 3.63) is 53.7 Å². The van der Waals surface area contributed by atoms with Crippen LogP contribution in [0.15, 0.2) is 48.0 Å². The van der Waals surface area contributed by atoms with Gasteiger partial charge in [-0.05, 0) is 17.7 Å². The van der Waals surface area contributed by atoms with Crippen LogP contribution in [0.3, 0.4) is 0 Å². The van der Waals surface area contributed by atoms with E-state index in [4.69, 9.17) is 5.11 Å². The summed E-state index contributed by atoms with van der Waals surface area (Å²) < 4.78 is 33.8. The van der Waals surface area contributed by atoms with Crippen LogP contribution in [-0.4, -0.2) is 29.0 Å². The maximum atomic E-state index is 11.8. The predicted octanol–water partition coefficient (Wildman–Crippen LogP) is 3.51. The number of anilines is 2. The maximum absolute atomic E-state index is 11.8. The van der Waals surface area contributed by atoms with E-state index in [9.17, 15) is 17.8 Å². The number of carboxylic acids is 1. The molecule has 0 bridgehead atoms. The summed E-state index contributed by atoms with van der Waals surface area (Å²) in [4.78, 5) is 15.6. The number of aromatic carboxylic acids is 1. The molecule has 2 N–H and O–H groups in total. The number of benzene rings is 1. The van der Waals surface area contributed by atoms with Crippen LogP contribution in [0, 0.1) is 0 Å². The van der Waals surface area contributed by atoms with E-state index in [1.54, 1.807) is 6.07 Å². The number of carbonyl (C=O) groups is 1. The molecular formula is C14H10N2O5S3. The summed E-state index contributed by atoms with van der Waals surface area (Å²) in [5.74, 6) is -1.38. The van der Waals surface area contributed by atoms with Gasteiger partial charge in [-0.25, -0.2) is 9.78 Å². The standard InChI is InChI=1S/C14H10N2O5S3/c17-14(18)12-13(22-8-15-12)16(24(19,20)21)11-7-6-10(23-11)9-4-2-1-3-5-9/h1-8H,(H,17,18)(H,19,20,21). The molecular weight excluding hydrogens is 372 g/mol. The normalized spacial score (nSPS) is 11.4. The first kappa shape index (κ1) is 16.6. The van der Waals surface area contributed by atoms with Crippen molar-refractivity contribution in [2.75, 3.05) is 4.31 Å². The lowest BCUT2D eigenvalue weighted by atomic mass is 10.2. The Labute approximate surface area is 145 Å². The molecule has 2 heterocycles. The van der Waals surface area contributed by atoms with Crippen molar-refractivity contribution in [1.29, 1.82) is 0 Å². The molecule has 0 saturated heterocycles. The smallest absolute Gasteiger partial charge is 0.365 e. The fourth-order valence-corrected chi connectivity index (χ4v) is 5.12. The van der Waals surface area contributed by atoms with Gasteiger partial charge in [-0.2, -0.15) is 12.7 Å². The quantitative estimate of drug-likeness (QED) is 0.654. The monoisotopic (exact) mass is 382 g/mol. The van der Waals surface area contributed by atoms with Gasteiger partial charge in [0.25, 0.3) is 0 Å². The molecule has 0 amide bonds. The van der Waals surface area contributed by atoms with Crippen molar-refractivity contribution < 1.29 is 22.9 Å². The molecule has 3 aromatic rings. The van der Waals surface area contributed by atoms with Crippen molar-refractivity contribution in [3.8, 4) is 10.4 Å². The van der Waals surface area contributed by atoms with E-state index >= 15 is 0 Å². The Morgan fingerprint density at radius 3 is 2.46 bits per heavy atom. The summed E-state index contributed by atoms with van der Waals surface area (Å²) in [6.45, 7) is 0. The van der Waals surface area contributed by atoms with Gasteiger partial charge in [0, 0.05) is 4.88 Å². The molecule has 0 radical (unpaired) electrons. The predicted molar refractivity (Wildman–Crippen MR) is 92.5 cm³/mol. The SMILES string of the molecule is O=C(O)c1ncsc1N(c1ccc(-c2ccccc2)s1)S(=O)(=O)O. The number of carboxylic acid groups (broad SMARTS) is 1. The molecule has 24 heavy (non-hydrogen) atoms. The number of aromatic nitrogens is 1. The number of thiophene rings is 1. The third-order valence-corrected chi connectivity index (χ3v) is 6.02. The van der Waals surface area contributed by atoms with Gasteiger partial charge in [0.15, 0.2) is 5.69 Å². The Morgan fingerprint density at radius 1 is 1.12 bits per heavy atom. The van der Waals surface area contributed by atoms with E-state index in [1.807, 2.05) is 30.3 Å². The topological polar surface area (TPSA) is 108 Å². The highest BCUT2D eigenvalue weighted by Crippen LogP contribution is 2.41. The molecule has 3 rings (SSSR count). The Bertz CT molecular complexity index is 979. The summed E-state index contributed by atoms with van der Waals surface area (Å²) in [7, 11) is -4.71. The third-order valence-electron chi connectivity index (χ3n) is 3.02. The minimum absolute atomic E-state index is 0.170. The highest BCUT2D eigenvalue weighted by molar-refractivity contribution is 7.88. The first-order valence-electron chi connectivity index (χ1n) is 6.47. The molecule has 2 aromatic heterocycles. The molecule has 0 aliphatic heterocycles. The van der Waals surface area contributed by atoms with Crippen LogP contribution in [0.1, 0.15) is 10.5 Å². The summed E-state index contributed by atoms with van der Waals surface area (Å²) in [6.07, 6.45) is 0. The van der Waals surface area contributed by atoms with Crippen molar-refractivity contribution in [2.45, 2.75) is 0 Å². The Balaban J connectivity index is 2.11. The summed E-state index contributed by atoms with van der Waals surface area (Å²) >= 11 is 1.93. The van der Waals surface area contributed by atoms with Crippen molar-refractivity contribution >= 4 is 48.9 Å². The zero-order valence-electron chi connectivity index (χ0n) is 11.9. The van der Waals surface area contributed by atoms with E-state index < -0.39 is 22.0 Å². The van der Waals surface area contributed by atoms with Crippen molar-refractivity contribution in [2.24, 2.45) is 0 Å². The van der Waals surface area contributed by atoms with E-state index in [0.29, 0.717) is 4.31 Å². The minimum Gasteiger partial charge on any atom is -0.476 e. The molecule has 0 aliphatic carbocycles. The Hall–Kier alpha value is -2.27. The zero-order valence-corrected chi connectivity index (χ0v) is 14.3. The van der Waals surface area contributed by atoms with Gasteiger partial charge in [0.1, 0.15) is 10.0 Å². The zero-order chi connectivity index (χ0) is 17.3. The fourth-order valence-electron chi connectivity index (χ4n) is 2.04. The summed E-state index contributed by atoms with van der Waals surface area (Å²) in [6, 6.07) is 12.5. The number of hydrogen-bond donors (Lipinski definition) is 2. The lowest BCUT2D eigenvalue weighted by Crippen LogP contribution is -2.25. The molecule has 0 aliphatic rings. The maximum Gasteiger partial charge on any atom is 0.365 e. The molecule has 0 atom stereocenters. The van der Waals surface area contributed by atoms with Crippen LogP contribution in [0.25, 0.3) is 10.4 Å². The van der Waals surface area contributed by atoms with Gasteiger partial charge < -0.3 is 5.11 Å². The van der Waals surface area contributed by atoms with Gasteiger partial charge in [-0.15, -0.1) is 22.7 Å². The largest absolute Gasteiger partial charge is 0.476 e. The second kappa shape index (κ2) is 6.32. The first-order valence-corrected chi connectivity index (χ1v) is 9.57. The summed E-state index contributed by atoms with van der Waals surface area (Å²) in [5, 5.41) is 9.14. The van der Waals surface area contributed by atoms with E-state index in [1.165, 1.54) is 11.6 Å². The van der Waals surface area contributed by atoms with Gasteiger partial charge in [0.2, 0.25) is 0 Å². The highest BCUT2D eigenvalue weighted by Gasteiger charge is 2.30. The average molecular weight is 382 g/mol. The average Bonchev–Trinajstić information content (AvgIpc) is 3.17. The second-order valence-electron chi connectivity index (χ2n) is 4.56. The van der Waals surface area contributed by atoms with Crippen LogP contribution >= 0.6 is 22.7 Å². The number of hydrogen-bond acceptors (Lipinski definition) is 6. The van der Waals surface area contributed by atoms with E-state index in [2.05, 4.69) is 4.98 Å². The second-order valence-corrected chi connectivity index (χ2v) is 7.71. The van der Waals surface area contributed by atoms with E-state index in [-0.39, 0.29) is 10.0 Å². The highest BCUT2D eigenvalue weighted by atomic mass is 32.2. The van der Waals surface area contributed by atoms with Gasteiger partial charge in [0.05, 0.1) is 5.51 Å². The van der Waals surface area contributed by atoms with Crippen molar-refractivity contribution in [3.63, 3.8) is 0 Å². The van der Waals surface area contributed by atoms with Crippen LogP contribution in [0.2, 0.25) is 0 Å². The number of rotatable bonds is 5. The Morgan fingerprint density at radius 2 is 1.83 bits per heavy atom. The molecule has 0 spiro atoms. The van der Waals surface area contributed by atoms with Gasteiger partial charge >= 0.3 is 16.3 Å². The molecule has 124 valence electrons. The van der Waals surface area contributed by atoms with Crippen molar-refractivity contribution in [1.82, 2.24) is 4.98 Å². The molecule has 1 aromatic carbocycles. The number of thiazole rings is 1. The molecule has 10 heteroatoms. The minimum atomic E-state index is -4.71. The molecule has 0 saturated carbocycles. The van der Waals surface area contributed by atoms with Crippen LogP contribution in [0.5, 0.6) is 0 Å². The van der Waals surface area contributed by atoms with Crippen LogP contribution in [0.4, 0.5) is 10.0 Å². The Kier molecular flexibility index (Phi) is 4.37. The van der Waals surface area contributed by atoms with E-state index in [0.717, 1.165) is 33.1 Å². The molecule has 0 fully saturated rings.